The average Bonchev–Trinajstić information content (AvgIpc) is 3.52. The molecule has 12 heteroatoms. The Morgan fingerprint density at radius 1 is 0.476 bits per heavy atom. The summed E-state index contributed by atoms with van der Waals surface area (Å²) >= 11 is 0. The topological polar surface area (TPSA) is 171 Å². The highest BCUT2D eigenvalue weighted by atomic mass is 16.5. The van der Waals surface area contributed by atoms with Crippen LogP contribution in [0.1, 0.15) is 141 Å². The van der Waals surface area contributed by atoms with Crippen molar-refractivity contribution < 1.29 is 47.7 Å². The molecule has 0 atom stereocenters. The molecule has 0 aromatic carbocycles. The van der Waals surface area contributed by atoms with E-state index in [0.717, 1.165) is 0 Å². The summed E-state index contributed by atoms with van der Waals surface area (Å²) in [5.74, 6) is -4.24. The number of Topliss-reactive ketones (excluding diaryl/α,β-unsaturated/α-hetero) is 2. The largest absolute Gasteiger partial charge is 0.462 e. The highest BCUT2D eigenvalue weighted by Crippen LogP contribution is 2.27. The smallest absolute Gasteiger partial charge is 0.355 e. The van der Waals surface area contributed by atoms with Crippen LogP contribution in [-0.2, 0) is 31.8 Å². The van der Waals surface area contributed by atoms with Gasteiger partial charge in [0, 0.05) is 12.8 Å². The van der Waals surface area contributed by atoms with E-state index < -0.39 is 35.4 Å². The maximum Gasteiger partial charge on any atom is 0.355 e. The molecule has 0 radical (unpaired) electrons. The zero-order valence-corrected chi connectivity index (χ0v) is 25.2. The van der Waals surface area contributed by atoms with E-state index in [0.29, 0.717) is 36.8 Å². The lowest BCUT2D eigenvalue weighted by Gasteiger charge is -2.08. The SMILES string of the molecule is CCCc1c(C(=O)OCC)[nH]c(C(=O)CCC(=O)c2[nH]c(C(=O)OCC)c(CCC)c2C(=O)OCC)c1C(=O)OCC. The van der Waals surface area contributed by atoms with Crippen LogP contribution in [0.25, 0.3) is 0 Å². The van der Waals surface area contributed by atoms with E-state index in [-0.39, 0.29) is 73.2 Å². The first-order chi connectivity index (χ1) is 20.1. The summed E-state index contributed by atoms with van der Waals surface area (Å²) in [5, 5.41) is 0. The lowest BCUT2D eigenvalue weighted by molar-refractivity contribution is 0.0504. The minimum Gasteiger partial charge on any atom is -0.462 e. The Morgan fingerprint density at radius 2 is 0.786 bits per heavy atom. The molecule has 0 saturated carbocycles. The molecule has 0 unspecified atom stereocenters. The van der Waals surface area contributed by atoms with Gasteiger partial charge in [-0.25, -0.2) is 19.2 Å². The molecule has 42 heavy (non-hydrogen) atoms. The Hall–Kier alpha value is -4.22. The van der Waals surface area contributed by atoms with Gasteiger partial charge in [0.25, 0.3) is 0 Å². The molecule has 0 bridgehead atoms. The third kappa shape index (κ3) is 7.74. The van der Waals surface area contributed by atoms with Crippen molar-refractivity contribution in [2.75, 3.05) is 26.4 Å². The molecule has 2 rings (SSSR count). The second kappa shape index (κ2) is 16.3. The van der Waals surface area contributed by atoms with Crippen molar-refractivity contribution in [1.82, 2.24) is 9.97 Å². The van der Waals surface area contributed by atoms with Gasteiger partial charge >= 0.3 is 23.9 Å². The highest BCUT2D eigenvalue weighted by molar-refractivity contribution is 6.12. The van der Waals surface area contributed by atoms with Gasteiger partial charge < -0.3 is 28.9 Å². The van der Waals surface area contributed by atoms with Gasteiger partial charge in [-0.15, -0.1) is 0 Å². The van der Waals surface area contributed by atoms with Crippen LogP contribution >= 0.6 is 0 Å². The minimum absolute atomic E-state index is 0.0197. The molecule has 0 saturated heterocycles. The molecule has 2 heterocycles. The molecule has 12 nitrogen and oxygen atoms in total. The summed E-state index contributed by atoms with van der Waals surface area (Å²) in [4.78, 5) is 83.5. The number of carbonyl (C=O) groups excluding carboxylic acids is 6. The number of aromatic nitrogens is 2. The van der Waals surface area contributed by atoms with E-state index in [2.05, 4.69) is 9.97 Å². The monoisotopic (exact) mass is 588 g/mol. The zero-order valence-electron chi connectivity index (χ0n) is 25.2. The number of H-pyrrole nitrogens is 2. The van der Waals surface area contributed by atoms with Crippen molar-refractivity contribution in [1.29, 1.82) is 0 Å². The third-order valence-electron chi connectivity index (χ3n) is 6.26. The molecule has 2 aromatic heterocycles. The van der Waals surface area contributed by atoms with E-state index in [4.69, 9.17) is 18.9 Å². The standard InChI is InChI=1S/C30H40N2O10/c1-7-13-17-21(27(35)39-9-3)25(31-23(17)29(37)41-11-5)19(33)15-16-20(34)26-22(28(36)40-10-4)18(14-8-2)24(32-26)30(38)42-12-6/h31-32H,7-16H2,1-6H3. The normalized spacial score (nSPS) is 10.7. The molecule has 2 N–H and O–H groups in total. The van der Waals surface area contributed by atoms with Gasteiger partial charge in [-0.2, -0.15) is 0 Å². The van der Waals surface area contributed by atoms with Crippen molar-refractivity contribution >= 4 is 35.4 Å². The van der Waals surface area contributed by atoms with E-state index in [9.17, 15) is 28.8 Å². The molecular weight excluding hydrogens is 548 g/mol. The van der Waals surface area contributed by atoms with E-state index in [1.165, 1.54) is 0 Å². The summed E-state index contributed by atoms with van der Waals surface area (Å²) in [6.45, 7) is 10.5. The molecule has 2 aromatic rings. The molecule has 0 aliphatic rings. The second-order valence-electron chi connectivity index (χ2n) is 9.19. The van der Waals surface area contributed by atoms with E-state index in [1.54, 1.807) is 27.7 Å². The fourth-order valence-electron chi connectivity index (χ4n) is 4.59. The summed E-state index contributed by atoms with van der Waals surface area (Å²) in [6.07, 6.45) is 0.974. The van der Waals surface area contributed by atoms with Gasteiger partial charge in [0.15, 0.2) is 11.6 Å². The van der Waals surface area contributed by atoms with Gasteiger partial charge in [-0.1, -0.05) is 26.7 Å². The lowest BCUT2D eigenvalue weighted by atomic mass is 9.98. The molecule has 0 aliphatic carbocycles. The molecular formula is C30H40N2O10. The maximum absolute atomic E-state index is 13.4. The molecule has 0 spiro atoms. The highest BCUT2D eigenvalue weighted by Gasteiger charge is 2.33. The van der Waals surface area contributed by atoms with Crippen molar-refractivity contribution in [2.45, 2.75) is 80.1 Å². The van der Waals surface area contributed by atoms with Crippen LogP contribution < -0.4 is 0 Å². The first-order valence-corrected chi connectivity index (χ1v) is 14.4. The number of nitrogens with one attached hydrogen (secondary N) is 2. The van der Waals surface area contributed by atoms with Crippen LogP contribution in [0, 0.1) is 0 Å². The fourth-order valence-corrected chi connectivity index (χ4v) is 4.59. The van der Waals surface area contributed by atoms with E-state index >= 15 is 0 Å². The van der Waals surface area contributed by atoms with Crippen LogP contribution in [0.15, 0.2) is 0 Å². The predicted octanol–water partition coefficient (Wildman–Crippen LogP) is 4.80. The number of hydrogen-bond acceptors (Lipinski definition) is 10. The van der Waals surface area contributed by atoms with Crippen molar-refractivity contribution in [3.05, 3.63) is 45.0 Å². The van der Waals surface area contributed by atoms with Gasteiger partial charge in [0.05, 0.1) is 48.9 Å². The number of aromatic amines is 2. The van der Waals surface area contributed by atoms with Gasteiger partial charge in [0.1, 0.15) is 11.4 Å². The van der Waals surface area contributed by atoms with Gasteiger partial charge in [-0.3, -0.25) is 9.59 Å². The van der Waals surface area contributed by atoms with Crippen LogP contribution in [0.2, 0.25) is 0 Å². The van der Waals surface area contributed by atoms with Crippen molar-refractivity contribution in [3.8, 4) is 0 Å². The summed E-state index contributed by atoms with van der Waals surface area (Å²) < 4.78 is 20.6. The quantitative estimate of drug-likeness (QED) is 0.149. The van der Waals surface area contributed by atoms with Crippen LogP contribution in [0.5, 0.6) is 0 Å². The molecule has 0 aliphatic heterocycles. The number of rotatable bonds is 17. The summed E-state index contributed by atoms with van der Waals surface area (Å²) in [7, 11) is 0. The van der Waals surface area contributed by atoms with Gasteiger partial charge in [-0.05, 0) is 51.7 Å². The number of carbonyl (C=O) groups is 6. The Balaban J connectivity index is 2.52. The van der Waals surface area contributed by atoms with E-state index in [1.807, 2.05) is 13.8 Å². The number of hydrogen-bond donors (Lipinski definition) is 2. The Kier molecular flexibility index (Phi) is 13.2. The minimum atomic E-state index is -0.778. The predicted molar refractivity (Wildman–Crippen MR) is 151 cm³/mol. The van der Waals surface area contributed by atoms with Crippen LogP contribution in [0.4, 0.5) is 0 Å². The van der Waals surface area contributed by atoms with Gasteiger partial charge in [0.2, 0.25) is 0 Å². The number of ether oxygens (including phenoxy) is 4. The Bertz CT molecular complexity index is 1220. The third-order valence-corrected chi connectivity index (χ3v) is 6.26. The molecule has 0 amide bonds. The number of esters is 4. The fraction of sp³-hybridized carbons (Fsp3) is 0.533. The van der Waals surface area contributed by atoms with Crippen molar-refractivity contribution in [3.63, 3.8) is 0 Å². The molecule has 230 valence electrons. The average molecular weight is 589 g/mol. The Labute approximate surface area is 244 Å². The van der Waals surface area contributed by atoms with Crippen LogP contribution in [0.3, 0.4) is 0 Å². The van der Waals surface area contributed by atoms with Crippen LogP contribution in [-0.4, -0.2) is 71.8 Å². The zero-order chi connectivity index (χ0) is 31.4. The summed E-state index contributed by atoms with van der Waals surface area (Å²) in [5.41, 5.74) is 0.111. The Morgan fingerprint density at radius 3 is 1.07 bits per heavy atom. The second-order valence-corrected chi connectivity index (χ2v) is 9.19. The maximum atomic E-state index is 13.4. The summed E-state index contributed by atoms with van der Waals surface area (Å²) in [6, 6.07) is 0. The lowest BCUT2D eigenvalue weighted by Crippen LogP contribution is -2.15. The first-order valence-electron chi connectivity index (χ1n) is 14.4. The number of ketones is 2. The van der Waals surface area contributed by atoms with Crippen molar-refractivity contribution in [2.24, 2.45) is 0 Å². The first kappa shape index (κ1) is 34.0. The molecule has 0 fully saturated rings.